The van der Waals surface area contributed by atoms with Gasteiger partial charge in [0.05, 0.1) is 0 Å². The Morgan fingerprint density at radius 1 is 1.21 bits per heavy atom. The lowest BCUT2D eigenvalue weighted by atomic mass is 9.64. The summed E-state index contributed by atoms with van der Waals surface area (Å²) in [7, 11) is 0. The SMILES string of the molecule is C=C(C)C(=O)Oc1c(C)c(C)c2c(c1C)CC[C@@](C)(C(C)CC)C2. The second-order valence-electron chi connectivity index (χ2n) is 7.97. The zero-order valence-corrected chi connectivity index (χ0v) is 16.4. The minimum absolute atomic E-state index is 0.333. The molecule has 0 amide bonds. The molecule has 0 aliphatic heterocycles. The van der Waals surface area contributed by atoms with Crippen LogP contribution in [-0.4, -0.2) is 5.97 Å². The fourth-order valence-electron chi connectivity index (χ4n) is 3.99. The molecule has 24 heavy (non-hydrogen) atoms. The van der Waals surface area contributed by atoms with Crippen LogP contribution in [0.5, 0.6) is 5.75 Å². The Kier molecular flexibility index (Phi) is 5.27. The van der Waals surface area contributed by atoms with Crippen LogP contribution in [-0.2, 0) is 17.6 Å². The summed E-state index contributed by atoms with van der Waals surface area (Å²) in [5, 5.41) is 0. The second kappa shape index (κ2) is 6.74. The van der Waals surface area contributed by atoms with E-state index in [0.717, 1.165) is 29.7 Å². The number of carbonyl (C=O) groups excluding carboxylic acids is 1. The Morgan fingerprint density at radius 3 is 2.38 bits per heavy atom. The largest absolute Gasteiger partial charge is 0.423 e. The Labute approximate surface area is 147 Å². The van der Waals surface area contributed by atoms with Crippen LogP contribution in [0.15, 0.2) is 12.2 Å². The second-order valence-corrected chi connectivity index (χ2v) is 7.97. The van der Waals surface area contributed by atoms with Crippen molar-refractivity contribution in [3.63, 3.8) is 0 Å². The molecule has 1 aliphatic carbocycles. The Balaban J connectivity index is 2.50. The molecule has 2 nitrogen and oxygen atoms in total. The number of fused-ring (bicyclic) bond motifs is 1. The molecule has 0 saturated heterocycles. The minimum Gasteiger partial charge on any atom is -0.423 e. The normalized spacial score (nSPS) is 21.1. The molecule has 0 bridgehead atoms. The molecule has 132 valence electrons. The lowest BCUT2D eigenvalue weighted by Gasteiger charge is -2.41. The molecule has 0 radical (unpaired) electrons. The van der Waals surface area contributed by atoms with Gasteiger partial charge in [-0.25, -0.2) is 4.79 Å². The molecule has 2 atom stereocenters. The molecular formula is C22H32O2. The third-order valence-electron chi connectivity index (χ3n) is 6.39. The number of hydrogen-bond donors (Lipinski definition) is 0. The molecule has 0 fully saturated rings. The maximum absolute atomic E-state index is 12.0. The third-order valence-corrected chi connectivity index (χ3v) is 6.39. The number of hydrogen-bond acceptors (Lipinski definition) is 2. The van der Waals surface area contributed by atoms with Gasteiger partial charge in [-0.2, -0.15) is 0 Å². The molecule has 0 N–H and O–H groups in total. The fraction of sp³-hybridized carbons (Fsp3) is 0.591. The van der Waals surface area contributed by atoms with E-state index in [0.29, 0.717) is 16.9 Å². The highest BCUT2D eigenvalue weighted by atomic mass is 16.5. The monoisotopic (exact) mass is 328 g/mol. The zero-order valence-electron chi connectivity index (χ0n) is 16.4. The summed E-state index contributed by atoms with van der Waals surface area (Å²) in [6.07, 6.45) is 4.61. The average molecular weight is 328 g/mol. The van der Waals surface area contributed by atoms with Crippen LogP contribution in [0.1, 0.15) is 68.4 Å². The van der Waals surface area contributed by atoms with E-state index in [4.69, 9.17) is 4.74 Å². The molecule has 0 saturated carbocycles. The van der Waals surface area contributed by atoms with E-state index in [2.05, 4.69) is 48.1 Å². The van der Waals surface area contributed by atoms with Crippen molar-refractivity contribution < 1.29 is 9.53 Å². The number of benzene rings is 1. The highest BCUT2D eigenvalue weighted by Gasteiger charge is 2.36. The van der Waals surface area contributed by atoms with E-state index in [1.165, 1.54) is 29.5 Å². The van der Waals surface area contributed by atoms with Crippen LogP contribution in [0.4, 0.5) is 0 Å². The van der Waals surface area contributed by atoms with E-state index >= 15 is 0 Å². The fourth-order valence-corrected chi connectivity index (χ4v) is 3.99. The van der Waals surface area contributed by atoms with Crippen LogP contribution in [0.3, 0.4) is 0 Å². The molecule has 1 aliphatic rings. The first-order chi connectivity index (χ1) is 11.1. The topological polar surface area (TPSA) is 26.3 Å². The summed E-state index contributed by atoms with van der Waals surface area (Å²) in [6, 6.07) is 0. The molecule has 0 aromatic heterocycles. The summed E-state index contributed by atoms with van der Waals surface area (Å²) in [6.45, 7) is 18.8. The smallest absolute Gasteiger partial charge is 0.338 e. The number of rotatable bonds is 4. The van der Waals surface area contributed by atoms with Crippen molar-refractivity contribution in [2.45, 2.75) is 74.1 Å². The van der Waals surface area contributed by atoms with Crippen molar-refractivity contribution >= 4 is 5.97 Å². The van der Waals surface area contributed by atoms with Gasteiger partial charge in [0.15, 0.2) is 0 Å². The molecule has 0 spiro atoms. The van der Waals surface area contributed by atoms with Crippen molar-refractivity contribution in [1.82, 2.24) is 0 Å². The molecule has 1 unspecified atom stereocenters. The van der Waals surface area contributed by atoms with Gasteiger partial charge >= 0.3 is 5.97 Å². The van der Waals surface area contributed by atoms with Gasteiger partial charge < -0.3 is 4.74 Å². The summed E-state index contributed by atoms with van der Waals surface area (Å²) in [5.74, 6) is 1.12. The maximum atomic E-state index is 12.0. The van der Waals surface area contributed by atoms with Crippen LogP contribution in [0.25, 0.3) is 0 Å². The summed E-state index contributed by atoms with van der Waals surface area (Å²) in [5.41, 5.74) is 7.19. The lowest BCUT2D eigenvalue weighted by Crippen LogP contribution is -2.33. The Morgan fingerprint density at radius 2 is 1.83 bits per heavy atom. The number of esters is 1. The maximum Gasteiger partial charge on any atom is 0.338 e. The van der Waals surface area contributed by atoms with Crippen molar-refractivity contribution in [1.29, 1.82) is 0 Å². The van der Waals surface area contributed by atoms with Gasteiger partial charge in [0.25, 0.3) is 0 Å². The van der Waals surface area contributed by atoms with Crippen LogP contribution < -0.4 is 4.74 Å². The van der Waals surface area contributed by atoms with Gasteiger partial charge in [0.2, 0.25) is 0 Å². The van der Waals surface area contributed by atoms with Gasteiger partial charge in [-0.05, 0) is 86.1 Å². The molecule has 2 rings (SSSR count). The molecule has 1 aromatic carbocycles. The van der Waals surface area contributed by atoms with Gasteiger partial charge in [-0.3, -0.25) is 0 Å². The lowest BCUT2D eigenvalue weighted by molar-refractivity contribution is -0.130. The van der Waals surface area contributed by atoms with Crippen LogP contribution >= 0.6 is 0 Å². The summed E-state index contributed by atoms with van der Waals surface area (Å²) >= 11 is 0. The van der Waals surface area contributed by atoms with E-state index < -0.39 is 0 Å². The summed E-state index contributed by atoms with van der Waals surface area (Å²) in [4.78, 5) is 12.0. The van der Waals surface area contributed by atoms with Gasteiger partial charge in [-0.1, -0.05) is 33.8 Å². The number of ether oxygens (including phenoxy) is 1. The van der Waals surface area contributed by atoms with Gasteiger partial charge in [-0.15, -0.1) is 0 Å². The first-order valence-electron chi connectivity index (χ1n) is 9.11. The minimum atomic E-state index is -0.333. The Hall–Kier alpha value is -1.57. The molecule has 0 heterocycles. The van der Waals surface area contributed by atoms with E-state index in [1.54, 1.807) is 6.92 Å². The van der Waals surface area contributed by atoms with Crippen molar-refractivity contribution in [2.24, 2.45) is 11.3 Å². The predicted molar refractivity (Wildman–Crippen MR) is 101 cm³/mol. The van der Waals surface area contributed by atoms with Crippen LogP contribution in [0.2, 0.25) is 0 Å². The van der Waals surface area contributed by atoms with Crippen molar-refractivity contribution in [2.75, 3.05) is 0 Å². The first kappa shape index (κ1) is 18.8. The molecule has 2 heteroatoms. The average Bonchev–Trinajstić information content (AvgIpc) is 2.55. The van der Waals surface area contributed by atoms with Gasteiger partial charge in [0, 0.05) is 5.57 Å². The molecular weight excluding hydrogens is 296 g/mol. The van der Waals surface area contributed by atoms with Gasteiger partial charge in [0.1, 0.15) is 5.75 Å². The van der Waals surface area contributed by atoms with Crippen molar-refractivity contribution in [3.8, 4) is 5.75 Å². The van der Waals surface area contributed by atoms with E-state index in [9.17, 15) is 4.79 Å². The van der Waals surface area contributed by atoms with E-state index in [1.807, 2.05) is 0 Å². The van der Waals surface area contributed by atoms with Crippen LogP contribution in [0, 0.1) is 32.1 Å². The highest BCUT2D eigenvalue weighted by molar-refractivity contribution is 5.89. The zero-order chi connectivity index (χ0) is 18.2. The standard InChI is InChI=1S/C22H32O2/c1-9-14(4)22(8)11-10-18-17(7)20(24-21(23)13(2)3)16(6)15(5)19(18)12-22/h14H,2,9-12H2,1,3-8H3/t14?,22-/m1/s1. The molecule has 1 aromatic rings. The number of carbonyl (C=O) groups is 1. The third kappa shape index (κ3) is 3.16. The first-order valence-corrected chi connectivity index (χ1v) is 9.11. The highest BCUT2D eigenvalue weighted by Crippen LogP contribution is 2.46. The Bertz CT molecular complexity index is 684. The predicted octanol–water partition coefficient (Wildman–Crippen LogP) is 5.63. The summed E-state index contributed by atoms with van der Waals surface area (Å²) < 4.78 is 5.67. The van der Waals surface area contributed by atoms with E-state index in [-0.39, 0.29) is 5.97 Å². The quantitative estimate of drug-likeness (QED) is 0.406. The van der Waals surface area contributed by atoms with Crippen molar-refractivity contribution in [3.05, 3.63) is 40.0 Å².